The number of pyridine rings is 1. The minimum absolute atomic E-state index is 0.246. The van der Waals surface area contributed by atoms with E-state index in [9.17, 15) is 14.0 Å². The van der Waals surface area contributed by atoms with Crippen LogP contribution in [0.1, 0.15) is 28.9 Å². The molecule has 35 heavy (non-hydrogen) atoms. The first kappa shape index (κ1) is 22.7. The molecule has 1 N–H and O–H groups in total. The molecule has 4 aromatic rings. The second-order valence-electron chi connectivity index (χ2n) is 8.35. The minimum Gasteiger partial charge on any atom is -0.378 e. The molecule has 1 aliphatic heterocycles. The average Bonchev–Trinajstić information content (AvgIpc) is 2.89. The number of rotatable bonds is 5. The number of carbonyl (C=O) groups excluding carboxylic acids is 1. The van der Waals surface area contributed by atoms with Gasteiger partial charge < -0.3 is 15.0 Å². The molecule has 5 rings (SSSR count). The SMILES string of the molecule is CC(NC(=O)c1ccc2c(=O)n(-c3cccc(F)c3)c(N3CCOCC3)nc2c1)c1cccnc1. The van der Waals surface area contributed by atoms with Gasteiger partial charge in [-0.25, -0.2) is 13.9 Å². The number of nitrogens with zero attached hydrogens (tertiary/aromatic N) is 4. The Labute approximate surface area is 201 Å². The summed E-state index contributed by atoms with van der Waals surface area (Å²) in [5.74, 6) is -0.345. The van der Waals surface area contributed by atoms with Crippen LogP contribution in [0.15, 0.2) is 71.8 Å². The third kappa shape index (κ3) is 4.63. The third-order valence-corrected chi connectivity index (χ3v) is 6.01. The van der Waals surface area contributed by atoms with E-state index < -0.39 is 5.82 Å². The van der Waals surface area contributed by atoms with E-state index >= 15 is 0 Å². The lowest BCUT2D eigenvalue weighted by atomic mass is 10.1. The molecule has 8 nitrogen and oxygen atoms in total. The van der Waals surface area contributed by atoms with Crippen molar-refractivity contribution in [3.8, 4) is 5.69 Å². The molecule has 0 radical (unpaired) electrons. The number of halogens is 1. The van der Waals surface area contributed by atoms with Crippen molar-refractivity contribution in [1.82, 2.24) is 19.9 Å². The van der Waals surface area contributed by atoms with E-state index in [2.05, 4.69) is 10.3 Å². The molecule has 1 fully saturated rings. The average molecular weight is 474 g/mol. The molecule has 9 heteroatoms. The van der Waals surface area contributed by atoms with E-state index in [1.165, 1.54) is 16.7 Å². The molecule has 0 aliphatic carbocycles. The van der Waals surface area contributed by atoms with Crippen molar-refractivity contribution in [2.75, 3.05) is 31.2 Å². The third-order valence-electron chi connectivity index (χ3n) is 6.01. The fourth-order valence-electron chi connectivity index (χ4n) is 4.13. The monoisotopic (exact) mass is 473 g/mol. The number of anilines is 1. The van der Waals surface area contributed by atoms with Crippen LogP contribution in [0.4, 0.5) is 10.3 Å². The molecule has 2 aromatic carbocycles. The predicted octanol–water partition coefficient (Wildman–Crippen LogP) is 3.25. The van der Waals surface area contributed by atoms with Gasteiger partial charge in [0.1, 0.15) is 5.82 Å². The van der Waals surface area contributed by atoms with Gasteiger partial charge in [0.2, 0.25) is 5.95 Å². The highest BCUT2D eigenvalue weighted by atomic mass is 19.1. The molecule has 1 atom stereocenters. The highest BCUT2D eigenvalue weighted by Gasteiger charge is 2.22. The Morgan fingerprint density at radius 3 is 2.69 bits per heavy atom. The summed E-state index contributed by atoms with van der Waals surface area (Å²) in [5.41, 5.74) is 1.71. The normalized spacial score (nSPS) is 14.6. The zero-order chi connectivity index (χ0) is 24.4. The molecule has 0 bridgehead atoms. The van der Waals surface area contributed by atoms with E-state index in [0.29, 0.717) is 54.4 Å². The molecule has 1 saturated heterocycles. The Bertz CT molecular complexity index is 1430. The van der Waals surface area contributed by atoms with Gasteiger partial charge in [-0.2, -0.15) is 0 Å². The highest BCUT2D eigenvalue weighted by molar-refractivity contribution is 5.98. The second kappa shape index (κ2) is 9.63. The molecular weight excluding hydrogens is 449 g/mol. The Morgan fingerprint density at radius 2 is 1.94 bits per heavy atom. The van der Waals surface area contributed by atoms with Gasteiger partial charge in [-0.3, -0.25) is 14.6 Å². The van der Waals surface area contributed by atoms with Crippen molar-refractivity contribution in [3.05, 3.63) is 94.3 Å². The van der Waals surface area contributed by atoms with Crippen LogP contribution in [-0.2, 0) is 4.74 Å². The Kier molecular flexibility index (Phi) is 6.24. The fourth-order valence-corrected chi connectivity index (χ4v) is 4.13. The second-order valence-corrected chi connectivity index (χ2v) is 8.35. The Morgan fingerprint density at radius 1 is 1.11 bits per heavy atom. The fraction of sp³-hybridized carbons (Fsp3) is 0.231. The van der Waals surface area contributed by atoms with Crippen molar-refractivity contribution >= 4 is 22.8 Å². The molecule has 0 spiro atoms. The van der Waals surface area contributed by atoms with Crippen LogP contribution >= 0.6 is 0 Å². The molecule has 1 amide bonds. The van der Waals surface area contributed by atoms with Gasteiger partial charge >= 0.3 is 0 Å². The van der Waals surface area contributed by atoms with Gasteiger partial charge in [-0.15, -0.1) is 0 Å². The lowest BCUT2D eigenvalue weighted by molar-refractivity contribution is 0.0940. The summed E-state index contributed by atoms with van der Waals surface area (Å²) in [6.07, 6.45) is 3.38. The summed E-state index contributed by atoms with van der Waals surface area (Å²) in [7, 11) is 0. The summed E-state index contributed by atoms with van der Waals surface area (Å²) < 4.78 is 20.9. The Hall–Kier alpha value is -4.11. The highest BCUT2D eigenvalue weighted by Crippen LogP contribution is 2.22. The van der Waals surface area contributed by atoms with E-state index in [4.69, 9.17) is 9.72 Å². The van der Waals surface area contributed by atoms with Gasteiger partial charge in [0.25, 0.3) is 11.5 Å². The number of amides is 1. The molecular formula is C26H24FN5O3. The number of hydrogen-bond donors (Lipinski definition) is 1. The quantitative estimate of drug-likeness (QED) is 0.479. The van der Waals surface area contributed by atoms with Gasteiger partial charge in [0, 0.05) is 31.0 Å². The lowest BCUT2D eigenvalue weighted by Crippen LogP contribution is -2.40. The number of benzene rings is 2. The summed E-state index contributed by atoms with van der Waals surface area (Å²) >= 11 is 0. The summed E-state index contributed by atoms with van der Waals surface area (Å²) in [6, 6.07) is 14.1. The zero-order valence-electron chi connectivity index (χ0n) is 19.1. The van der Waals surface area contributed by atoms with Crippen LogP contribution in [0.5, 0.6) is 0 Å². The lowest BCUT2D eigenvalue weighted by Gasteiger charge is -2.30. The van der Waals surface area contributed by atoms with Crippen LogP contribution in [0.2, 0.25) is 0 Å². The van der Waals surface area contributed by atoms with E-state index in [0.717, 1.165) is 5.56 Å². The number of carbonyl (C=O) groups is 1. The molecule has 1 unspecified atom stereocenters. The summed E-state index contributed by atoms with van der Waals surface area (Å²) in [5, 5.41) is 3.29. The van der Waals surface area contributed by atoms with E-state index in [-0.39, 0.29) is 17.5 Å². The largest absolute Gasteiger partial charge is 0.378 e. The number of fused-ring (bicyclic) bond motifs is 1. The smallest absolute Gasteiger partial charge is 0.267 e. The van der Waals surface area contributed by atoms with Crippen LogP contribution in [0, 0.1) is 5.82 Å². The van der Waals surface area contributed by atoms with Crippen molar-refractivity contribution < 1.29 is 13.9 Å². The van der Waals surface area contributed by atoms with Crippen molar-refractivity contribution in [2.24, 2.45) is 0 Å². The standard InChI is InChI=1S/C26H24FN5O3/c1-17(19-4-3-9-28-16-19)29-24(33)18-7-8-22-23(14-18)30-26(31-10-12-35-13-11-31)32(25(22)34)21-6-2-5-20(27)15-21/h2-9,14-17H,10-13H2,1H3,(H,29,33). The zero-order valence-corrected chi connectivity index (χ0v) is 19.1. The van der Waals surface area contributed by atoms with Gasteiger partial charge in [-0.1, -0.05) is 12.1 Å². The number of nitrogens with one attached hydrogen (secondary N) is 1. The molecule has 178 valence electrons. The summed E-state index contributed by atoms with van der Waals surface area (Å²) in [6.45, 7) is 3.94. The van der Waals surface area contributed by atoms with E-state index in [1.54, 1.807) is 42.7 Å². The predicted molar refractivity (Wildman–Crippen MR) is 130 cm³/mol. The van der Waals surface area contributed by atoms with E-state index in [1.807, 2.05) is 24.0 Å². The summed E-state index contributed by atoms with van der Waals surface area (Å²) in [4.78, 5) is 37.3. The number of hydrogen-bond acceptors (Lipinski definition) is 6. The van der Waals surface area contributed by atoms with Gasteiger partial charge in [-0.05, 0) is 55.0 Å². The topological polar surface area (TPSA) is 89.4 Å². The van der Waals surface area contributed by atoms with Crippen LogP contribution in [-0.4, -0.2) is 46.7 Å². The molecule has 1 aliphatic rings. The number of aromatic nitrogens is 3. The van der Waals surface area contributed by atoms with Crippen LogP contribution in [0.25, 0.3) is 16.6 Å². The van der Waals surface area contributed by atoms with Gasteiger partial charge in [0.05, 0.1) is 35.8 Å². The maximum atomic E-state index is 14.0. The minimum atomic E-state index is -0.447. The van der Waals surface area contributed by atoms with Crippen molar-refractivity contribution in [2.45, 2.75) is 13.0 Å². The first-order valence-corrected chi connectivity index (χ1v) is 11.4. The molecule has 3 heterocycles. The van der Waals surface area contributed by atoms with Gasteiger partial charge in [0.15, 0.2) is 0 Å². The maximum absolute atomic E-state index is 14.0. The number of morpholine rings is 1. The van der Waals surface area contributed by atoms with Crippen LogP contribution in [0.3, 0.4) is 0 Å². The first-order valence-electron chi connectivity index (χ1n) is 11.4. The molecule has 0 saturated carbocycles. The molecule has 2 aromatic heterocycles. The maximum Gasteiger partial charge on any atom is 0.267 e. The number of ether oxygens (including phenoxy) is 1. The Balaban J connectivity index is 1.57. The van der Waals surface area contributed by atoms with Crippen LogP contribution < -0.4 is 15.8 Å². The van der Waals surface area contributed by atoms with Crippen molar-refractivity contribution in [1.29, 1.82) is 0 Å². The van der Waals surface area contributed by atoms with Crippen molar-refractivity contribution in [3.63, 3.8) is 0 Å². The first-order chi connectivity index (χ1) is 17.0.